The summed E-state index contributed by atoms with van der Waals surface area (Å²) in [5, 5.41) is 21.1. The van der Waals surface area contributed by atoms with E-state index < -0.39 is 22.6 Å². The zero-order valence-electron chi connectivity index (χ0n) is 15.9. The van der Waals surface area contributed by atoms with Gasteiger partial charge in [0.1, 0.15) is 0 Å². The van der Waals surface area contributed by atoms with Gasteiger partial charge in [0, 0.05) is 10.8 Å². The monoisotopic (exact) mass is 384 g/mol. The molecule has 0 amide bonds. The molecule has 0 aromatic heterocycles. The highest BCUT2D eigenvalue weighted by molar-refractivity contribution is 6.04. The number of rotatable bonds is 0. The van der Waals surface area contributed by atoms with E-state index in [2.05, 4.69) is 0 Å². The van der Waals surface area contributed by atoms with E-state index in [1.807, 2.05) is 19.9 Å². The topological polar surface area (TPSA) is 57.5 Å². The molecule has 0 saturated heterocycles. The first-order valence-electron chi connectivity index (χ1n) is 9.82. The first-order valence-corrected chi connectivity index (χ1v) is 9.82. The van der Waals surface area contributed by atoms with Crippen LogP contribution in [-0.2, 0) is 4.79 Å². The SMILES string of the molecule is C[C@H]1CC2=C(O)C(=O)C=C[C@]2(C)C2CC[C@@]3(C)C(CC[C@]3(O)C(F)(F)F)C21. The number of allylic oxidation sites excluding steroid dienone is 3. The van der Waals surface area contributed by atoms with Crippen LogP contribution in [0, 0.1) is 34.5 Å². The van der Waals surface area contributed by atoms with Crippen molar-refractivity contribution in [3.8, 4) is 0 Å². The van der Waals surface area contributed by atoms with Crippen molar-refractivity contribution in [2.75, 3.05) is 0 Å². The lowest BCUT2D eigenvalue weighted by Crippen LogP contribution is -2.60. The Morgan fingerprint density at radius 3 is 2.41 bits per heavy atom. The third kappa shape index (κ3) is 2.16. The number of alkyl halides is 3. The summed E-state index contributed by atoms with van der Waals surface area (Å²) in [5.74, 6) is -0.641. The Balaban J connectivity index is 1.77. The molecule has 27 heavy (non-hydrogen) atoms. The molecule has 7 atom stereocenters. The van der Waals surface area contributed by atoms with Gasteiger partial charge in [-0.1, -0.05) is 26.8 Å². The lowest BCUT2D eigenvalue weighted by atomic mass is 9.45. The maximum atomic E-state index is 13.8. The number of halogens is 3. The lowest BCUT2D eigenvalue weighted by Gasteiger charge is -2.60. The van der Waals surface area contributed by atoms with E-state index in [9.17, 15) is 28.2 Å². The molecule has 0 radical (unpaired) electrons. The van der Waals surface area contributed by atoms with E-state index in [0.29, 0.717) is 25.7 Å². The zero-order valence-corrected chi connectivity index (χ0v) is 15.9. The molecule has 4 aliphatic rings. The highest BCUT2D eigenvalue weighted by Gasteiger charge is 2.73. The van der Waals surface area contributed by atoms with E-state index in [-0.39, 0.29) is 41.6 Å². The summed E-state index contributed by atoms with van der Waals surface area (Å²) in [6.45, 7) is 5.63. The fourth-order valence-corrected chi connectivity index (χ4v) is 7.13. The summed E-state index contributed by atoms with van der Waals surface area (Å²) in [6.07, 6.45) is 0.0949. The smallest absolute Gasteiger partial charge is 0.417 e. The molecule has 0 spiro atoms. The first kappa shape index (κ1) is 19.0. The molecule has 6 heteroatoms. The highest BCUT2D eigenvalue weighted by atomic mass is 19.4. The van der Waals surface area contributed by atoms with Gasteiger partial charge < -0.3 is 10.2 Å². The van der Waals surface area contributed by atoms with E-state index >= 15 is 0 Å². The Morgan fingerprint density at radius 1 is 1.15 bits per heavy atom. The average Bonchev–Trinajstić information content (AvgIpc) is 2.86. The maximum Gasteiger partial charge on any atom is 0.417 e. The van der Waals surface area contributed by atoms with Gasteiger partial charge in [0.25, 0.3) is 0 Å². The van der Waals surface area contributed by atoms with Gasteiger partial charge in [-0.25, -0.2) is 0 Å². The molecule has 3 fully saturated rings. The Hall–Kier alpha value is -1.30. The van der Waals surface area contributed by atoms with Crippen LogP contribution in [0.4, 0.5) is 13.2 Å². The van der Waals surface area contributed by atoms with Gasteiger partial charge in [0.05, 0.1) is 0 Å². The molecule has 0 aliphatic heterocycles. The van der Waals surface area contributed by atoms with Crippen molar-refractivity contribution in [3.05, 3.63) is 23.5 Å². The molecular weight excluding hydrogens is 357 g/mol. The lowest BCUT2D eigenvalue weighted by molar-refractivity contribution is -0.303. The summed E-state index contributed by atoms with van der Waals surface area (Å²) in [6, 6.07) is 0. The minimum absolute atomic E-state index is 0.0273. The number of hydrogen-bond donors (Lipinski definition) is 2. The number of fused-ring (bicyclic) bond motifs is 5. The molecule has 0 aromatic rings. The molecule has 3 unspecified atom stereocenters. The van der Waals surface area contributed by atoms with Gasteiger partial charge in [0.2, 0.25) is 5.78 Å². The molecule has 0 aromatic carbocycles. The number of aliphatic hydroxyl groups is 2. The third-order valence-electron chi connectivity index (χ3n) is 8.66. The minimum Gasteiger partial charge on any atom is -0.504 e. The minimum atomic E-state index is -4.63. The predicted octanol–water partition coefficient (Wildman–Crippen LogP) is 4.72. The van der Waals surface area contributed by atoms with E-state index in [1.165, 1.54) is 6.08 Å². The van der Waals surface area contributed by atoms with Crippen molar-refractivity contribution >= 4 is 5.78 Å². The molecular formula is C21H27F3O3. The summed E-state index contributed by atoms with van der Waals surface area (Å²) < 4.78 is 41.3. The Labute approximate surface area is 157 Å². The van der Waals surface area contributed by atoms with E-state index in [0.717, 1.165) is 5.57 Å². The Bertz CT molecular complexity index is 754. The van der Waals surface area contributed by atoms with Crippen LogP contribution in [-0.4, -0.2) is 27.8 Å². The van der Waals surface area contributed by atoms with Crippen molar-refractivity contribution < 1.29 is 28.2 Å². The molecule has 4 aliphatic carbocycles. The second-order valence-corrected chi connectivity index (χ2v) is 9.63. The van der Waals surface area contributed by atoms with Crippen LogP contribution in [0.15, 0.2) is 23.5 Å². The largest absolute Gasteiger partial charge is 0.504 e. The molecule has 0 heterocycles. The van der Waals surface area contributed by atoms with Gasteiger partial charge >= 0.3 is 6.18 Å². The van der Waals surface area contributed by atoms with Crippen molar-refractivity contribution in [2.24, 2.45) is 34.5 Å². The maximum absolute atomic E-state index is 13.8. The van der Waals surface area contributed by atoms with Crippen LogP contribution in [0.2, 0.25) is 0 Å². The summed E-state index contributed by atoms with van der Waals surface area (Å²) in [5.41, 5.74) is -3.59. The summed E-state index contributed by atoms with van der Waals surface area (Å²) in [7, 11) is 0. The van der Waals surface area contributed by atoms with Crippen LogP contribution >= 0.6 is 0 Å². The number of aliphatic hydroxyl groups excluding tert-OH is 1. The number of carbonyl (C=O) groups excluding carboxylic acids is 1. The molecule has 2 N–H and O–H groups in total. The van der Waals surface area contributed by atoms with Crippen LogP contribution < -0.4 is 0 Å². The molecule has 3 saturated carbocycles. The second-order valence-electron chi connectivity index (χ2n) is 9.63. The first-order chi connectivity index (χ1) is 12.4. The number of ketones is 1. The summed E-state index contributed by atoms with van der Waals surface area (Å²) in [4.78, 5) is 11.9. The molecule has 3 nitrogen and oxygen atoms in total. The van der Waals surface area contributed by atoms with E-state index in [4.69, 9.17) is 0 Å². The van der Waals surface area contributed by atoms with Gasteiger partial charge in [0.15, 0.2) is 11.4 Å². The fraction of sp³-hybridized carbons (Fsp3) is 0.762. The third-order valence-corrected chi connectivity index (χ3v) is 8.66. The van der Waals surface area contributed by atoms with Crippen molar-refractivity contribution in [1.29, 1.82) is 0 Å². The second kappa shape index (κ2) is 5.40. The standard InChI is InChI=1S/C21H27F3O3/c1-11-10-14-17(26)15(25)6-7-18(14,2)12-4-8-19(3)13(16(11)12)5-9-20(19,27)21(22,23)24/h6-7,11-13,16,26-27H,4-5,8-10H2,1-3H3/t11-,12?,13?,16?,18+,19-,20+/m0/s1. The van der Waals surface area contributed by atoms with Crippen molar-refractivity contribution in [1.82, 2.24) is 0 Å². The Morgan fingerprint density at radius 2 is 1.78 bits per heavy atom. The quantitative estimate of drug-likeness (QED) is 0.635. The normalized spacial score (nSPS) is 49.7. The number of carbonyl (C=O) groups is 1. The summed E-state index contributed by atoms with van der Waals surface area (Å²) >= 11 is 0. The fourth-order valence-electron chi connectivity index (χ4n) is 7.13. The molecule has 150 valence electrons. The number of hydrogen-bond acceptors (Lipinski definition) is 3. The molecule has 0 bridgehead atoms. The van der Waals surface area contributed by atoms with Crippen LogP contribution in [0.5, 0.6) is 0 Å². The average molecular weight is 384 g/mol. The van der Waals surface area contributed by atoms with Gasteiger partial charge in [-0.2, -0.15) is 13.2 Å². The van der Waals surface area contributed by atoms with Gasteiger partial charge in [-0.05, 0) is 67.4 Å². The van der Waals surface area contributed by atoms with Gasteiger partial charge in [-0.3, -0.25) is 4.79 Å². The van der Waals surface area contributed by atoms with Gasteiger partial charge in [-0.15, -0.1) is 0 Å². The zero-order chi connectivity index (χ0) is 20.0. The molecule has 4 rings (SSSR count). The van der Waals surface area contributed by atoms with Crippen molar-refractivity contribution in [3.63, 3.8) is 0 Å². The predicted molar refractivity (Wildman–Crippen MR) is 93.7 cm³/mol. The van der Waals surface area contributed by atoms with E-state index in [1.54, 1.807) is 6.92 Å². The van der Waals surface area contributed by atoms with Crippen LogP contribution in [0.25, 0.3) is 0 Å². The van der Waals surface area contributed by atoms with Crippen LogP contribution in [0.1, 0.15) is 52.9 Å². The highest BCUT2D eigenvalue weighted by Crippen LogP contribution is 2.70. The van der Waals surface area contributed by atoms with Crippen LogP contribution in [0.3, 0.4) is 0 Å². The Kier molecular flexibility index (Phi) is 3.81. The van der Waals surface area contributed by atoms with Crippen molar-refractivity contribution in [2.45, 2.75) is 64.7 Å².